The average molecular weight is 443 g/mol. The number of thioether (sulfide) groups is 1. The highest BCUT2D eigenvalue weighted by atomic mass is 32.2. The summed E-state index contributed by atoms with van der Waals surface area (Å²) in [5.41, 5.74) is 0.559. The fraction of sp³-hybridized carbons (Fsp3) is 0.200. The summed E-state index contributed by atoms with van der Waals surface area (Å²) in [6.45, 7) is 0.235. The highest BCUT2D eigenvalue weighted by Gasteiger charge is 2.16. The minimum atomic E-state index is -0.595. The first-order valence-corrected chi connectivity index (χ1v) is 10.2. The Hall–Kier alpha value is -3.60. The van der Waals surface area contributed by atoms with Gasteiger partial charge in [-0.1, -0.05) is 23.9 Å². The van der Waals surface area contributed by atoms with Crippen LogP contribution in [0.15, 0.2) is 47.6 Å². The molecule has 4 rings (SSSR count). The van der Waals surface area contributed by atoms with Gasteiger partial charge in [-0.2, -0.15) is 0 Å². The van der Waals surface area contributed by atoms with E-state index < -0.39 is 11.7 Å². The Morgan fingerprint density at radius 3 is 2.81 bits per heavy atom. The van der Waals surface area contributed by atoms with Crippen LogP contribution in [0.25, 0.3) is 0 Å². The lowest BCUT2D eigenvalue weighted by Gasteiger charge is -2.07. The number of halogens is 1. The van der Waals surface area contributed by atoms with Gasteiger partial charge in [0.2, 0.25) is 12.7 Å². The van der Waals surface area contributed by atoms with Crippen molar-refractivity contribution in [3.05, 3.63) is 59.7 Å². The summed E-state index contributed by atoms with van der Waals surface area (Å²) in [7, 11) is 1.72. The van der Waals surface area contributed by atoms with Gasteiger partial charge in [-0.15, -0.1) is 10.2 Å². The molecule has 31 heavy (non-hydrogen) atoms. The fourth-order valence-corrected chi connectivity index (χ4v) is 3.56. The first-order chi connectivity index (χ1) is 15.0. The highest BCUT2D eigenvalue weighted by Crippen LogP contribution is 2.34. The molecule has 11 heteroatoms. The molecule has 0 bridgehead atoms. The quantitative estimate of drug-likeness (QED) is 0.540. The van der Waals surface area contributed by atoms with Crippen LogP contribution < -0.4 is 20.1 Å². The number of ether oxygens (including phenoxy) is 2. The Kier molecular flexibility index (Phi) is 6.03. The number of benzene rings is 2. The highest BCUT2D eigenvalue weighted by molar-refractivity contribution is 7.99. The molecule has 0 aliphatic carbocycles. The smallest absolute Gasteiger partial charge is 0.254 e. The van der Waals surface area contributed by atoms with E-state index in [-0.39, 0.29) is 30.6 Å². The van der Waals surface area contributed by atoms with Crippen LogP contribution in [0.4, 0.5) is 10.1 Å². The molecule has 1 aromatic heterocycles. The van der Waals surface area contributed by atoms with Crippen molar-refractivity contribution >= 4 is 29.3 Å². The molecule has 2 N–H and O–H groups in total. The number of rotatable bonds is 7. The molecule has 2 heterocycles. The van der Waals surface area contributed by atoms with Crippen molar-refractivity contribution in [2.24, 2.45) is 7.05 Å². The van der Waals surface area contributed by atoms with Gasteiger partial charge in [0.1, 0.15) is 5.82 Å². The van der Waals surface area contributed by atoms with Crippen molar-refractivity contribution < 1.29 is 23.5 Å². The zero-order valence-corrected chi connectivity index (χ0v) is 17.2. The molecule has 160 valence electrons. The monoisotopic (exact) mass is 443 g/mol. The summed E-state index contributed by atoms with van der Waals surface area (Å²) in [4.78, 5) is 24.4. The van der Waals surface area contributed by atoms with Crippen molar-refractivity contribution in [2.45, 2.75) is 11.7 Å². The number of nitrogens with zero attached hydrogens (tertiary/aromatic N) is 3. The van der Waals surface area contributed by atoms with E-state index in [1.807, 2.05) is 0 Å². The van der Waals surface area contributed by atoms with E-state index in [1.165, 1.54) is 30.0 Å². The van der Waals surface area contributed by atoms with Gasteiger partial charge in [0, 0.05) is 18.8 Å². The van der Waals surface area contributed by atoms with Crippen molar-refractivity contribution in [2.75, 3.05) is 17.9 Å². The number of hydrogen-bond donors (Lipinski definition) is 2. The molecular formula is C20H18FN5O4S. The Bertz CT molecular complexity index is 1140. The molecule has 0 saturated heterocycles. The number of anilines is 1. The summed E-state index contributed by atoms with van der Waals surface area (Å²) in [5, 5.41) is 14.0. The van der Waals surface area contributed by atoms with E-state index in [0.717, 1.165) is 0 Å². The zero-order chi connectivity index (χ0) is 21.8. The second kappa shape index (κ2) is 9.04. The minimum absolute atomic E-state index is 0.0422. The number of carbonyl (C=O) groups excluding carboxylic acids is 2. The maximum atomic E-state index is 13.7. The van der Waals surface area contributed by atoms with Crippen LogP contribution in [0.1, 0.15) is 16.2 Å². The lowest BCUT2D eigenvalue weighted by molar-refractivity contribution is -0.113. The van der Waals surface area contributed by atoms with Gasteiger partial charge < -0.3 is 24.7 Å². The van der Waals surface area contributed by atoms with Gasteiger partial charge in [0.15, 0.2) is 22.5 Å². The van der Waals surface area contributed by atoms with Gasteiger partial charge >= 0.3 is 0 Å². The number of nitrogens with one attached hydrogen (secondary N) is 2. The van der Waals surface area contributed by atoms with Gasteiger partial charge in [-0.05, 0) is 24.3 Å². The first-order valence-electron chi connectivity index (χ1n) is 9.24. The molecule has 0 fully saturated rings. The van der Waals surface area contributed by atoms with Crippen LogP contribution >= 0.6 is 11.8 Å². The Balaban J connectivity index is 1.29. The molecule has 9 nitrogen and oxygen atoms in total. The van der Waals surface area contributed by atoms with E-state index in [0.29, 0.717) is 28.2 Å². The average Bonchev–Trinajstić information content (AvgIpc) is 3.37. The fourth-order valence-electron chi connectivity index (χ4n) is 2.83. The molecule has 2 amide bonds. The molecule has 0 saturated carbocycles. The lowest BCUT2D eigenvalue weighted by Crippen LogP contribution is -2.25. The lowest BCUT2D eigenvalue weighted by atomic mass is 10.2. The van der Waals surface area contributed by atoms with E-state index in [4.69, 9.17) is 9.47 Å². The van der Waals surface area contributed by atoms with Crippen LogP contribution in [-0.4, -0.2) is 39.1 Å². The topological polar surface area (TPSA) is 107 Å². The van der Waals surface area contributed by atoms with E-state index in [2.05, 4.69) is 20.8 Å². The molecule has 0 spiro atoms. The molecule has 1 aliphatic heterocycles. The van der Waals surface area contributed by atoms with E-state index >= 15 is 0 Å². The summed E-state index contributed by atoms with van der Waals surface area (Å²) in [6, 6.07) is 10.9. The standard InChI is InChI=1S/C20H18FN5O4S/c1-26-17(9-22-19(28)13-4-2-3-5-14(13)21)24-25-20(26)31-10-18(27)23-12-6-7-15-16(8-12)30-11-29-15/h2-8H,9-11H2,1H3,(H,22,28)(H,23,27). The predicted octanol–water partition coefficient (Wildman–Crippen LogP) is 2.34. The van der Waals surface area contributed by atoms with Crippen molar-refractivity contribution in [3.8, 4) is 11.5 Å². The number of aromatic nitrogens is 3. The third kappa shape index (κ3) is 4.77. The molecule has 1 aliphatic rings. The molecule has 3 aromatic rings. The Morgan fingerprint density at radius 2 is 1.97 bits per heavy atom. The summed E-state index contributed by atoms with van der Waals surface area (Å²) < 4.78 is 25.9. The van der Waals surface area contributed by atoms with Crippen LogP contribution in [0, 0.1) is 5.82 Å². The maximum Gasteiger partial charge on any atom is 0.254 e. The second-order valence-corrected chi connectivity index (χ2v) is 7.47. The Labute approximate surface area is 180 Å². The minimum Gasteiger partial charge on any atom is -0.454 e. The molecule has 0 atom stereocenters. The molecule has 0 unspecified atom stereocenters. The number of amides is 2. The van der Waals surface area contributed by atoms with E-state index in [9.17, 15) is 14.0 Å². The largest absolute Gasteiger partial charge is 0.454 e. The zero-order valence-electron chi connectivity index (χ0n) is 16.4. The molecule has 2 aromatic carbocycles. The van der Waals surface area contributed by atoms with Crippen molar-refractivity contribution in [1.82, 2.24) is 20.1 Å². The maximum absolute atomic E-state index is 13.7. The van der Waals surface area contributed by atoms with Crippen molar-refractivity contribution in [1.29, 1.82) is 0 Å². The van der Waals surface area contributed by atoms with Gasteiger partial charge in [0.05, 0.1) is 17.9 Å². The van der Waals surface area contributed by atoms with Crippen LogP contribution in [-0.2, 0) is 18.4 Å². The van der Waals surface area contributed by atoms with Crippen LogP contribution in [0.3, 0.4) is 0 Å². The van der Waals surface area contributed by atoms with Crippen molar-refractivity contribution in [3.63, 3.8) is 0 Å². The number of hydrogen-bond acceptors (Lipinski definition) is 7. The third-order valence-corrected chi connectivity index (χ3v) is 5.46. The SMILES string of the molecule is Cn1c(CNC(=O)c2ccccc2F)nnc1SCC(=O)Nc1ccc2c(c1)OCO2. The molecular weight excluding hydrogens is 425 g/mol. The second-order valence-electron chi connectivity index (χ2n) is 6.53. The summed E-state index contributed by atoms with van der Waals surface area (Å²) in [6.07, 6.45) is 0. The van der Waals surface area contributed by atoms with Gasteiger partial charge in [-0.25, -0.2) is 4.39 Å². The van der Waals surface area contributed by atoms with Gasteiger partial charge in [-0.3, -0.25) is 9.59 Å². The Morgan fingerprint density at radius 1 is 1.16 bits per heavy atom. The van der Waals surface area contributed by atoms with E-state index in [1.54, 1.807) is 35.9 Å². The summed E-state index contributed by atoms with van der Waals surface area (Å²) >= 11 is 1.20. The molecule has 0 radical (unpaired) electrons. The first kappa shape index (κ1) is 20.7. The third-order valence-electron chi connectivity index (χ3n) is 4.44. The number of fused-ring (bicyclic) bond motifs is 1. The predicted molar refractivity (Wildman–Crippen MR) is 110 cm³/mol. The van der Waals surface area contributed by atoms with Gasteiger partial charge in [0.25, 0.3) is 5.91 Å². The van der Waals surface area contributed by atoms with Crippen LogP contribution in [0.2, 0.25) is 0 Å². The summed E-state index contributed by atoms with van der Waals surface area (Å²) in [5.74, 6) is 0.454. The number of carbonyl (C=O) groups is 2. The normalized spacial score (nSPS) is 11.9. The van der Waals surface area contributed by atoms with Crippen LogP contribution in [0.5, 0.6) is 11.5 Å².